The number of carbonyl (C=O) groups is 1. The summed E-state index contributed by atoms with van der Waals surface area (Å²) in [6.07, 6.45) is 6.99. The summed E-state index contributed by atoms with van der Waals surface area (Å²) < 4.78 is 6.04. The van der Waals surface area contributed by atoms with Crippen molar-refractivity contribution < 1.29 is 9.53 Å². The van der Waals surface area contributed by atoms with E-state index in [1.807, 2.05) is 12.1 Å². The van der Waals surface area contributed by atoms with E-state index in [0.717, 1.165) is 44.4 Å². The summed E-state index contributed by atoms with van der Waals surface area (Å²) in [5.41, 5.74) is 7.19. The van der Waals surface area contributed by atoms with Gasteiger partial charge in [0.15, 0.2) is 0 Å². The minimum Gasteiger partial charge on any atom is -0.490 e. The van der Waals surface area contributed by atoms with Crippen LogP contribution in [0.1, 0.15) is 48.0 Å². The van der Waals surface area contributed by atoms with Crippen LogP contribution in [0.15, 0.2) is 54.6 Å². The highest BCUT2D eigenvalue weighted by atomic mass is 16.5. The van der Waals surface area contributed by atoms with Crippen LogP contribution in [0, 0.1) is 0 Å². The molecule has 0 saturated heterocycles. The van der Waals surface area contributed by atoms with Gasteiger partial charge in [-0.2, -0.15) is 0 Å². The zero-order chi connectivity index (χ0) is 18.2. The zero-order valence-corrected chi connectivity index (χ0v) is 15.2. The summed E-state index contributed by atoms with van der Waals surface area (Å²) >= 11 is 0. The molecule has 2 aromatic rings. The number of carbonyl (C=O) groups excluding carboxylic acids is 1. The van der Waals surface area contributed by atoms with Gasteiger partial charge in [-0.3, -0.25) is 4.79 Å². The summed E-state index contributed by atoms with van der Waals surface area (Å²) in [6.45, 7) is 1.07. The molecule has 0 aromatic heterocycles. The lowest BCUT2D eigenvalue weighted by atomic mass is 9.92. The number of primary amides is 1. The number of ether oxygens (including phenoxy) is 1. The van der Waals surface area contributed by atoms with E-state index in [4.69, 9.17) is 10.5 Å². The SMILES string of the molecule is NC(=O)c1ccc(OC2CCC(NCCCc3ccccc3)CC2)cc1. The van der Waals surface area contributed by atoms with Gasteiger partial charge < -0.3 is 15.8 Å². The molecule has 2 aromatic carbocycles. The van der Waals surface area contributed by atoms with Gasteiger partial charge in [0.05, 0.1) is 6.10 Å². The average molecular weight is 352 g/mol. The lowest BCUT2D eigenvalue weighted by Crippen LogP contribution is -2.36. The van der Waals surface area contributed by atoms with Crippen LogP contribution >= 0.6 is 0 Å². The molecule has 3 rings (SSSR count). The third-order valence-electron chi connectivity index (χ3n) is 5.03. The molecule has 0 aliphatic heterocycles. The zero-order valence-electron chi connectivity index (χ0n) is 15.2. The first-order valence-electron chi connectivity index (χ1n) is 9.54. The molecular formula is C22H28N2O2. The maximum Gasteiger partial charge on any atom is 0.248 e. The second kappa shape index (κ2) is 9.39. The Kier molecular flexibility index (Phi) is 6.67. The van der Waals surface area contributed by atoms with Gasteiger partial charge in [-0.1, -0.05) is 30.3 Å². The van der Waals surface area contributed by atoms with E-state index < -0.39 is 5.91 Å². The molecule has 3 N–H and O–H groups in total. The second-order valence-corrected chi connectivity index (χ2v) is 7.02. The highest BCUT2D eigenvalue weighted by Crippen LogP contribution is 2.24. The number of amides is 1. The molecule has 1 saturated carbocycles. The molecule has 0 spiro atoms. The third kappa shape index (κ3) is 5.60. The monoisotopic (exact) mass is 352 g/mol. The molecule has 4 nitrogen and oxygen atoms in total. The summed E-state index contributed by atoms with van der Waals surface area (Å²) in [6, 6.07) is 18.3. The number of aryl methyl sites for hydroxylation is 1. The van der Waals surface area contributed by atoms with E-state index in [2.05, 4.69) is 35.6 Å². The van der Waals surface area contributed by atoms with E-state index in [1.54, 1.807) is 12.1 Å². The molecule has 26 heavy (non-hydrogen) atoms. The second-order valence-electron chi connectivity index (χ2n) is 7.02. The van der Waals surface area contributed by atoms with Crippen LogP contribution < -0.4 is 15.8 Å². The van der Waals surface area contributed by atoms with Crippen molar-refractivity contribution in [3.63, 3.8) is 0 Å². The molecule has 138 valence electrons. The fourth-order valence-corrected chi connectivity index (χ4v) is 3.52. The van der Waals surface area contributed by atoms with Gasteiger partial charge in [0.2, 0.25) is 5.91 Å². The number of rotatable bonds is 8. The highest BCUT2D eigenvalue weighted by Gasteiger charge is 2.22. The first-order valence-corrected chi connectivity index (χ1v) is 9.54. The first kappa shape index (κ1) is 18.5. The van der Waals surface area contributed by atoms with Crippen molar-refractivity contribution in [2.75, 3.05) is 6.54 Å². The van der Waals surface area contributed by atoms with E-state index >= 15 is 0 Å². The Morgan fingerprint density at radius 1 is 1.00 bits per heavy atom. The topological polar surface area (TPSA) is 64.4 Å². The lowest BCUT2D eigenvalue weighted by Gasteiger charge is -2.29. The highest BCUT2D eigenvalue weighted by molar-refractivity contribution is 5.92. The normalized spacial score (nSPS) is 19.8. The van der Waals surface area contributed by atoms with E-state index in [1.165, 1.54) is 12.0 Å². The Morgan fingerprint density at radius 2 is 1.69 bits per heavy atom. The van der Waals surface area contributed by atoms with Gasteiger partial charge in [0.25, 0.3) is 0 Å². The van der Waals surface area contributed by atoms with Crippen molar-refractivity contribution in [1.29, 1.82) is 0 Å². The molecule has 1 fully saturated rings. The Bertz CT molecular complexity index is 677. The summed E-state index contributed by atoms with van der Waals surface area (Å²) in [4.78, 5) is 11.1. The predicted molar refractivity (Wildman–Crippen MR) is 104 cm³/mol. The minimum absolute atomic E-state index is 0.261. The molecule has 0 unspecified atom stereocenters. The van der Waals surface area contributed by atoms with Crippen molar-refractivity contribution in [1.82, 2.24) is 5.32 Å². The number of hydrogen-bond donors (Lipinski definition) is 2. The number of nitrogens with two attached hydrogens (primary N) is 1. The molecule has 4 heteroatoms. The third-order valence-corrected chi connectivity index (χ3v) is 5.03. The smallest absolute Gasteiger partial charge is 0.248 e. The minimum atomic E-state index is -0.407. The van der Waals surface area contributed by atoms with Gasteiger partial charge in [0, 0.05) is 11.6 Å². The van der Waals surface area contributed by atoms with Crippen molar-refractivity contribution in [3.8, 4) is 5.75 Å². The van der Waals surface area contributed by atoms with E-state index in [-0.39, 0.29) is 6.10 Å². The van der Waals surface area contributed by atoms with Crippen LogP contribution in [0.5, 0.6) is 5.75 Å². The molecule has 0 bridgehead atoms. The predicted octanol–water partition coefficient (Wildman–Crippen LogP) is 3.70. The molecule has 1 amide bonds. The molecule has 0 heterocycles. The van der Waals surface area contributed by atoms with Crippen LogP contribution in [0.4, 0.5) is 0 Å². The standard InChI is InChI=1S/C22H28N2O2/c23-22(25)18-8-12-20(13-9-18)26-21-14-10-19(11-15-21)24-16-4-7-17-5-2-1-3-6-17/h1-3,5-6,8-9,12-13,19,21,24H,4,7,10-11,14-16H2,(H2,23,25). The average Bonchev–Trinajstić information content (AvgIpc) is 2.68. The van der Waals surface area contributed by atoms with Crippen LogP contribution in [-0.4, -0.2) is 24.6 Å². The lowest BCUT2D eigenvalue weighted by molar-refractivity contribution is 0.1000. The Morgan fingerprint density at radius 3 is 2.35 bits per heavy atom. The molecular weight excluding hydrogens is 324 g/mol. The summed E-state index contributed by atoms with van der Waals surface area (Å²) in [5.74, 6) is 0.407. The van der Waals surface area contributed by atoms with Gasteiger partial charge >= 0.3 is 0 Å². The fourth-order valence-electron chi connectivity index (χ4n) is 3.52. The summed E-state index contributed by atoms with van der Waals surface area (Å²) in [5, 5.41) is 3.69. The van der Waals surface area contributed by atoms with Crippen LogP contribution in [0.3, 0.4) is 0 Å². The van der Waals surface area contributed by atoms with Crippen molar-refractivity contribution in [2.45, 2.75) is 50.7 Å². The van der Waals surface area contributed by atoms with Crippen LogP contribution in [0.2, 0.25) is 0 Å². The summed E-state index contributed by atoms with van der Waals surface area (Å²) in [7, 11) is 0. The van der Waals surface area contributed by atoms with Crippen molar-refractivity contribution >= 4 is 5.91 Å². The molecule has 1 aliphatic rings. The van der Waals surface area contributed by atoms with E-state index in [9.17, 15) is 4.79 Å². The number of nitrogens with one attached hydrogen (secondary N) is 1. The van der Waals surface area contributed by atoms with Gasteiger partial charge in [-0.25, -0.2) is 0 Å². The Hall–Kier alpha value is -2.33. The molecule has 0 radical (unpaired) electrons. The molecule has 1 aliphatic carbocycles. The maximum absolute atomic E-state index is 11.1. The van der Waals surface area contributed by atoms with E-state index in [0.29, 0.717) is 11.6 Å². The van der Waals surface area contributed by atoms with Crippen molar-refractivity contribution in [2.24, 2.45) is 5.73 Å². The Balaban J connectivity index is 1.33. The van der Waals surface area contributed by atoms with Gasteiger partial charge in [-0.15, -0.1) is 0 Å². The maximum atomic E-state index is 11.1. The van der Waals surface area contributed by atoms with Gasteiger partial charge in [-0.05, 0) is 74.9 Å². The van der Waals surface area contributed by atoms with Crippen LogP contribution in [-0.2, 0) is 6.42 Å². The van der Waals surface area contributed by atoms with Crippen molar-refractivity contribution in [3.05, 3.63) is 65.7 Å². The fraction of sp³-hybridized carbons (Fsp3) is 0.409. The quantitative estimate of drug-likeness (QED) is 0.712. The first-order chi connectivity index (χ1) is 12.7. The number of benzene rings is 2. The Labute approximate surface area is 155 Å². The number of hydrogen-bond acceptors (Lipinski definition) is 3. The largest absolute Gasteiger partial charge is 0.490 e. The van der Waals surface area contributed by atoms with Crippen LogP contribution in [0.25, 0.3) is 0 Å². The molecule has 0 atom stereocenters. The van der Waals surface area contributed by atoms with Gasteiger partial charge in [0.1, 0.15) is 5.75 Å².